The smallest absolute Gasteiger partial charge is 0.0555 e. The Hall–Kier alpha value is -1.12. The highest BCUT2D eigenvalue weighted by Gasteiger charge is 2.25. The molecule has 1 atom stereocenters. The van der Waals surface area contributed by atoms with Crippen molar-refractivity contribution < 1.29 is 0 Å². The molecule has 4 heteroatoms. The molecule has 3 rings (SSSR count). The first-order valence-electron chi connectivity index (χ1n) is 6.85. The van der Waals surface area contributed by atoms with Crippen LogP contribution in [0, 0.1) is 11.8 Å². The zero-order valence-electron chi connectivity index (χ0n) is 11.6. The maximum absolute atomic E-state index is 5.46. The van der Waals surface area contributed by atoms with E-state index in [4.69, 9.17) is 5.73 Å². The molecule has 0 spiro atoms. The molecule has 0 radical (unpaired) electrons. The SMILES string of the molecule is CC1c2ccsc2CCN1Cc1sccc1C#CCN. The average Bonchev–Trinajstić information content (AvgIpc) is 3.09. The van der Waals surface area contributed by atoms with Gasteiger partial charge < -0.3 is 5.73 Å². The van der Waals surface area contributed by atoms with Crippen LogP contribution in [0.4, 0.5) is 0 Å². The Morgan fingerprint density at radius 3 is 3.05 bits per heavy atom. The van der Waals surface area contributed by atoms with Crippen LogP contribution in [-0.4, -0.2) is 18.0 Å². The van der Waals surface area contributed by atoms with Gasteiger partial charge >= 0.3 is 0 Å². The Kier molecular flexibility index (Phi) is 4.23. The summed E-state index contributed by atoms with van der Waals surface area (Å²) in [6.45, 7) is 4.86. The quantitative estimate of drug-likeness (QED) is 0.863. The summed E-state index contributed by atoms with van der Waals surface area (Å²) < 4.78 is 0. The number of hydrogen-bond acceptors (Lipinski definition) is 4. The molecule has 1 unspecified atom stereocenters. The molecule has 2 N–H and O–H groups in total. The summed E-state index contributed by atoms with van der Waals surface area (Å²) in [6, 6.07) is 4.88. The summed E-state index contributed by atoms with van der Waals surface area (Å²) in [7, 11) is 0. The lowest BCUT2D eigenvalue weighted by Gasteiger charge is -2.33. The highest BCUT2D eigenvalue weighted by molar-refractivity contribution is 7.10. The van der Waals surface area contributed by atoms with Gasteiger partial charge in [-0.2, -0.15) is 0 Å². The lowest BCUT2D eigenvalue weighted by atomic mass is 10.0. The predicted octanol–water partition coefficient (Wildman–Crippen LogP) is 3.24. The van der Waals surface area contributed by atoms with Gasteiger partial charge in [-0.1, -0.05) is 11.8 Å². The summed E-state index contributed by atoms with van der Waals surface area (Å²) in [5.41, 5.74) is 8.11. The fourth-order valence-corrected chi connectivity index (χ4v) is 4.50. The van der Waals surface area contributed by atoms with Crippen LogP contribution < -0.4 is 5.73 Å². The molecule has 104 valence electrons. The molecular weight excluding hydrogens is 284 g/mol. The van der Waals surface area contributed by atoms with E-state index in [0.717, 1.165) is 18.7 Å². The average molecular weight is 302 g/mol. The van der Waals surface area contributed by atoms with Crippen molar-refractivity contribution in [2.45, 2.75) is 25.9 Å². The van der Waals surface area contributed by atoms with E-state index in [1.165, 1.54) is 16.9 Å². The van der Waals surface area contributed by atoms with Crippen molar-refractivity contribution in [3.05, 3.63) is 43.8 Å². The van der Waals surface area contributed by atoms with Crippen molar-refractivity contribution in [3.8, 4) is 11.8 Å². The molecule has 1 aliphatic heterocycles. The highest BCUT2D eigenvalue weighted by Crippen LogP contribution is 2.34. The van der Waals surface area contributed by atoms with E-state index in [9.17, 15) is 0 Å². The number of fused-ring (bicyclic) bond motifs is 1. The van der Waals surface area contributed by atoms with Gasteiger partial charge in [0.25, 0.3) is 0 Å². The molecule has 20 heavy (non-hydrogen) atoms. The van der Waals surface area contributed by atoms with E-state index < -0.39 is 0 Å². The standard InChI is InChI=1S/C16H18N2S2/c1-12-14-6-10-19-15(14)4-8-18(12)11-16-13(3-2-7-17)5-9-20-16/h5-6,9-10,12H,4,7-8,11,17H2,1H3. The van der Waals surface area contributed by atoms with Crippen molar-refractivity contribution >= 4 is 22.7 Å². The molecular formula is C16H18N2S2. The second kappa shape index (κ2) is 6.11. The zero-order valence-corrected chi connectivity index (χ0v) is 13.2. The van der Waals surface area contributed by atoms with Gasteiger partial charge in [-0.3, -0.25) is 4.90 Å². The molecule has 2 nitrogen and oxygen atoms in total. The third-order valence-electron chi connectivity index (χ3n) is 3.82. The van der Waals surface area contributed by atoms with Crippen molar-refractivity contribution in [2.24, 2.45) is 5.73 Å². The zero-order chi connectivity index (χ0) is 13.9. The molecule has 0 aliphatic carbocycles. The van der Waals surface area contributed by atoms with Crippen LogP contribution in [0.1, 0.15) is 33.8 Å². The minimum atomic E-state index is 0.424. The van der Waals surface area contributed by atoms with Gasteiger partial charge in [-0.15, -0.1) is 22.7 Å². The molecule has 1 aliphatic rings. The van der Waals surface area contributed by atoms with E-state index in [-0.39, 0.29) is 0 Å². The fraction of sp³-hybridized carbons (Fsp3) is 0.375. The third kappa shape index (κ3) is 2.68. The Morgan fingerprint density at radius 2 is 2.20 bits per heavy atom. The second-order valence-corrected chi connectivity index (χ2v) is 6.96. The van der Waals surface area contributed by atoms with Gasteiger partial charge in [0.15, 0.2) is 0 Å². The fourth-order valence-electron chi connectivity index (χ4n) is 2.68. The van der Waals surface area contributed by atoms with E-state index >= 15 is 0 Å². The first kappa shape index (κ1) is 13.8. The van der Waals surface area contributed by atoms with Crippen LogP contribution in [0.3, 0.4) is 0 Å². The monoisotopic (exact) mass is 302 g/mol. The minimum absolute atomic E-state index is 0.424. The maximum Gasteiger partial charge on any atom is 0.0555 e. The number of rotatable bonds is 2. The lowest BCUT2D eigenvalue weighted by Crippen LogP contribution is -2.32. The summed E-state index contributed by atoms with van der Waals surface area (Å²) >= 11 is 3.69. The van der Waals surface area contributed by atoms with Gasteiger partial charge in [0.2, 0.25) is 0 Å². The Morgan fingerprint density at radius 1 is 1.35 bits per heavy atom. The topological polar surface area (TPSA) is 29.3 Å². The summed E-state index contributed by atoms with van der Waals surface area (Å²) in [6.07, 6.45) is 1.17. The molecule has 0 saturated heterocycles. The summed E-state index contributed by atoms with van der Waals surface area (Å²) in [5.74, 6) is 6.14. The second-order valence-electron chi connectivity index (χ2n) is 4.96. The molecule has 2 aromatic rings. The Balaban J connectivity index is 1.78. The van der Waals surface area contributed by atoms with Crippen LogP contribution >= 0.6 is 22.7 Å². The highest BCUT2D eigenvalue weighted by atomic mass is 32.1. The minimum Gasteiger partial charge on any atom is -0.320 e. The van der Waals surface area contributed by atoms with E-state index in [0.29, 0.717) is 12.6 Å². The summed E-state index contributed by atoms with van der Waals surface area (Å²) in [5, 5.41) is 4.34. The number of nitrogens with two attached hydrogens (primary N) is 1. The van der Waals surface area contributed by atoms with Crippen LogP contribution in [0.2, 0.25) is 0 Å². The normalized spacial score (nSPS) is 18.4. The molecule has 0 bridgehead atoms. The van der Waals surface area contributed by atoms with Crippen molar-refractivity contribution in [1.29, 1.82) is 0 Å². The van der Waals surface area contributed by atoms with Gasteiger partial charge in [0, 0.05) is 34.4 Å². The molecule has 3 heterocycles. The molecule has 0 aromatic carbocycles. The van der Waals surface area contributed by atoms with Crippen LogP contribution in [0.5, 0.6) is 0 Å². The predicted molar refractivity (Wildman–Crippen MR) is 87.1 cm³/mol. The van der Waals surface area contributed by atoms with Crippen molar-refractivity contribution in [3.63, 3.8) is 0 Å². The van der Waals surface area contributed by atoms with Gasteiger partial charge in [-0.25, -0.2) is 0 Å². The first-order chi connectivity index (χ1) is 9.79. The lowest BCUT2D eigenvalue weighted by molar-refractivity contribution is 0.193. The van der Waals surface area contributed by atoms with E-state index in [1.54, 1.807) is 16.2 Å². The van der Waals surface area contributed by atoms with Crippen LogP contribution in [0.25, 0.3) is 0 Å². The number of thiophene rings is 2. The Labute approximate surface area is 128 Å². The molecule has 0 fully saturated rings. The first-order valence-corrected chi connectivity index (χ1v) is 8.61. The van der Waals surface area contributed by atoms with E-state index in [2.05, 4.69) is 46.6 Å². The Bertz CT molecular complexity index is 645. The largest absolute Gasteiger partial charge is 0.320 e. The van der Waals surface area contributed by atoms with Gasteiger partial charge in [0.05, 0.1) is 6.54 Å². The van der Waals surface area contributed by atoms with Crippen LogP contribution in [-0.2, 0) is 13.0 Å². The van der Waals surface area contributed by atoms with Crippen molar-refractivity contribution in [1.82, 2.24) is 4.90 Å². The molecule has 0 saturated carbocycles. The summed E-state index contributed by atoms with van der Waals surface area (Å²) in [4.78, 5) is 5.47. The molecule has 2 aromatic heterocycles. The number of hydrogen-bond donors (Lipinski definition) is 1. The molecule has 0 amide bonds. The number of nitrogens with zero attached hydrogens (tertiary/aromatic N) is 1. The van der Waals surface area contributed by atoms with Gasteiger partial charge in [0.1, 0.15) is 0 Å². The third-order valence-corrected chi connectivity index (χ3v) is 5.72. The van der Waals surface area contributed by atoms with E-state index in [1.807, 2.05) is 11.3 Å². The maximum atomic E-state index is 5.46. The van der Waals surface area contributed by atoms with Crippen molar-refractivity contribution in [2.75, 3.05) is 13.1 Å². The van der Waals surface area contributed by atoms with Crippen LogP contribution in [0.15, 0.2) is 22.9 Å². The van der Waals surface area contributed by atoms with Gasteiger partial charge in [-0.05, 0) is 41.8 Å².